The zero-order valence-electron chi connectivity index (χ0n) is 10.7. The second-order valence-corrected chi connectivity index (χ2v) is 4.44. The molecular weight excluding hydrogens is 204 g/mol. The van der Waals surface area contributed by atoms with Gasteiger partial charge in [-0.25, -0.2) is 0 Å². The number of ether oxygens (including phenoxy) is 1. The lowest BCUT2D eigenvalue weighted by atomic mass is 9.78. The molecule has 1 N–H and O–H groups in total. The highest BCUT2D eigenvalue weighted by molar-refractivity contribution is 5.83. The van der Waals surface area contributed by atoms with Gasteiger partial charge >= 0.3 is 0 Å². The first-order chi connectivity index (χ1) is 7.70. The fraction of sp³-hybridized carbons (Fsp3) is 0.917. The maximum absolute atomic E-state index is 12.5. The van der Waals surface area contributed by atoms with Gasteiger partial charge in [0.1, 0.15) is 0 Å². The van der Waals surface area contributed by atoms with E-state index in [1.807, 2.05) is 18.7 Å². The highest BCUT2D eigenvalue weighted by atomic mass is 16.5. The van der Waals surface area contributed by atoms with Gasteiger partial charge in [-0.3, -0.25) is 4.79 Å². The lowest BCUT2D eigenvalue weighted by molar-refractivity contribution is -0.147. The van der Waals surface area contributed by atoms with Crippen molar-refractivity contribution in [3.05, 3.63) is 0 Å². The molecule has 16 heavy (non-hydrogen) atoms. The van der Waals surface area contributed by atoms with Crippen LogP contribution in [0, 0.1) is 5.41 Å². The van der Waals surface area contributed by atoms with Crippen molar-refractivity contribution in [1.82, 2.24) is 10.2 Å². The summed E-state index contributed by atoms with van der Waals surface area (Å²) >= 11 is 0. The van der Waals surface area contributed by atoms with E-state index in [9.17, 15) is 4.79 Å². The van der Waals surface area contributed by atoms with Gasteiger partial charge in [-0.15, -0.1) is 0 Å². The zero-order chi connectivity index (χ0) is 12.0. The van der Waals surface area contributed by atoms with Crippen molar-refractivity contribution in [2.75, 3.05) is 39.9 Å². The molecule has 1 rings (SSSR count). The van der Waals surface area contributed by atoms with Gasteiger partial charge in [0, 0.05) is 20.2 Å². The molecule has 1 saturated heterocycles. The standard InChI is InChI=1S/C12H24N2O2/c1-4-14(5-2)11(15)12(10-16-3)6-8-13-9-7-12/h13H,4-10H2,1-3H3. The van der Waals surface area contributed by atoms with E-state index < -0.39 is 0 Å². The molecule has 1 aliphatic rings. The Bertz CT molecular complexity index is 216. The molecule has 0 saturated carbocycles. The van der Waals surface area contributed by atoms with E-state index in [0.29, 0.717) is 6.61 Å². The van der Waals surface area contributed by atoms with E-state index in [1.165, 1.54) is 0 Å². The second-order valence-electron chi connectivity index (χ2n) is 4.44. The number of nitrogens with zero attached hydrogens (tertiary/aromatic N) is 1. The van der Waals surface area contributed by atoms with Crippen LogP contribution in [0.15, 0.2) is 0 Å². The molecule has 0 radical (unpaired) electrons. The SMILES string of the molecule is CCN(CC)C(=O)C1(COC)CCNCC1. The summed E-state index contributed by atoms with van der Waals surface area (Å²) in [6.07, 6.45) is 1.77. The van der Waals surface area contributed by atoms with E-state index in [1.54, 1.807) is 7.11 Å². The average molecular weight is 228 g/mol. The minimum absolute atomic E-state index is 0.265. The molecule has 0 aromatic rings. The number of nitrogens with one attached hydrogen (secondary N) is 1. The van der Waals surface area contributed by atoms with E-state index >= 15 is 0 Å². The van der Waals surface area contributed by atoms with Gasteiger partial charge in [-0.2, -0.15) is 0 Å². The third-order valence-corrected chi connectivity index (χ3v) is 3.49. The van der Waals surface area contributed by atoms with Crippen molar-refractivity contribution in [2.24, 2.45) is 5.41 Å². The van der Waals surface area contributed by atoms with E-state index in [2.05, 4.69) is 5.32 Å². The molecule has 0 aromatic carbocycles. The molecule has 4 heteroatoms. The van der Waals surface area contributed by atoms with Crippen LogP contribution in [0.4, 0.5) is 0 Å². The van der Waals surface area contributed by atoms with Crippen molar-refractivity contribution in [1.29, 1.82) is 0 Å². The van der Waals surface area contributed by atoms with Gasteiger partial charge in [-0.05, 0) is 39.8 Å². The molecule has 4 nitrogen and oxygen atoms in total. The Hall–Kier alpha value is -0.610. The molecule has 0 atom stereocenters. The van der Waals surface area contributed by atoms with Crippen LogP contribution in [-0.2, 0) is 9.53 Å². The van der Waals surface area contributed by atoms with Crippen LogP contribution >= 0.6 is 0 Å². The molecule has 1 aliphatic heterocycles. The lowest BCUT2D eigenvalue weighted by Gasteiger charge is -2.39. The molecule has 0 bridgehead atoms. The normalized spacial score (nSPS) is 19.4. The second kappa shape index (κ2) is 6.21. The quantitative estimate of drug-likeness (QED) is 0.759. The van der Waals surface area contributed by atoms with Crippen LogP contribution < -0.4 is 5.32 Å². The first-order valence-electron chi connectivity index (χ1n) is 6.19. The van der Waals surface area contributed by atoms with Crippen LogP contribution in [-0.4, -0.2) is 50.7 Å². The highest BCUT2D eigenvalue weighted by Crippen LogP contribution is 2.31. The van der Waals surface area contributed by atoms with Gasteiger partial charge in [0.05, 0.1) is 12.0 Å². The summed E-state index contributed by atoms with van der Waals surface area (Å²) in [7, 11) is 1.68. The summed E-state index contributed by atoms with van der Waals surface area (Å²) in [5.41, 5.74) is -0.286. The Kier molecular flexibility index (Phi) is 5.22. The Balaban J connectivity index is 2.78. The molecule has 0 aromatic heterocycles. The lowest BCUT2D eigenvalue weighted by Crippen LogP contribution is -2.51. The van der Waals surface area contributed by atoms with Gasteiger partial charge in [0.15, 0.2) is 0 Å². The van der Waals surface area contributed by atoms with Crippen LogP contribution in [0.5, 0.6) is 0 Å². The minimum Gasteiger partial charge on any atom is -0.384 e. The summed E-state index contributed by atoms with van der Waals surface area (Å²) < 4.78 is 5.27. The van der Waals surface area contributed by atoms with E-state index in [-0.39, 0.29) is 11.3 Å². The number of amides is 1. The first kappa shape index (κ1) is 13.5. The highest BCUT2D eigenvalue weighted by Gasteiger charge is 2.41. The Morgan fingerprint density at radius 3 is 2.31 bits per heavy atom. The number of rotatable bonds is 5. The van der Waals surface area contributed by atoms with Gasteiger partial charge in [0.25, 0.3) is 0 Å². The molecule has 0 unspecified atom stereocenters. The molecule has 0 aliphatic carbocycles. The predicted molar refractivity (Wildman–Crippen MR) is 64.3 cm³/mol. The number of piperidine rings is 1. The number of hydrogen-bond acceptors (Lipinski definition) is 3. The van der Waals surface area contributed by atoms with Gasteiger partial charge in [0.2, 0.25) is 5.91 Å². The topological polar surface area (TPSA) is 41.6 Å². The third kappa shape index (κ3) is 2.74. The molecule has 1 amide bonds. The Labute approximate surface area is 98.3 Å². The van der Waals surface area contributed by atoms with Crippen LogP contribution in [0.2, 0.25) is 0 Å². The minimum atomic E-state index is -0.286. The maximum atomic E-state index is 12.5. The fourth-order valence-corrected chi connectivity index (χ4v) is 2.45. The van der Waals surface area contributed by atoms with Crippen molar-refractivity contribution >= 4 is 5.91 Å². The molecule has 1 fully saturated rings. The summed E-state index contributed by atoms with van der Waals surface area (Å²) in [6.45, 7) is 8.01. The fourth-order valence-electron chi connectivity index (χ4n) is 2.45. The maximum Gasteiger partial charge on any atom is 0.231 e. The first-order valence-corrected chi connectivity index (χ1v) is 6.19. The monoisotopic (exact) mass is 228 g/mol. The smallest absolute Gasteiger partial charge is 0.231 e. The average Bonchev–Trinajstić information content (AvgIpc) is 2.32. The number of hydrogen-bond donors (Lipinski definition) is 1. The molecule has 0 spiro atoms. The number of carbonyl (C=O) groups is 1. The predicted octanol–water partition coefficient (Wildman–Crippen LogP) is 0.871. The van der Waals surface area contributed by atoms with Gasteiger partial charge in [-0.1, -0.05) is 0 Å². The van der Waals surface area contributed by atoms with Crippen molar-refractivity contribution in [2.45, 2.75) is 26.7 Å². The van der Waals surface area contributed by atoms with Crippen LogP contribution in [0.1, 0.15) is 26.7 Å². The van der Waals surface area contributed by atoms with Crippen molar-refractivity contribution in [3.63, 3.8) is 0 Å². The zero-order valence-corrected chi connectivity index (χ0v) is 10.7. The summed E-state index contributed by atoms with van der Waals surface area (Å²) in [4.78, 5) is 14.4. The largest absolute Gasteiger partial charge is 0.384 e. The summed E-state index contributed by atoms with van der Waals surface area (Å²) in [5, 5.41) is 3.30. The number of carbonyl (C=O) groups excluding carboxylic acids is 1. The van der Waals surface area contributed by atoms with Crippen LogP contribution in [0.3, 0.4) is 0 Å². The van der Waals surface area contributed by atoms with E-state index in [4.69, 9.17) is 4.74 Å². The van der Waals surface area contributed by atoms with E-state index in [0.717, 1.165) is 39.0 Å². The summed E-state index contributed by atoms with van der Waals surface area (Å²) in [5.74, 6) is 0.265. The molecular formula is C12H24N2O2. The third-order valence-electron chi connectivity index (χ3n) is 3.49. The Morgan fingerprint density at radius 2 is 1.88 bits per heavy atom. The van der Waals surface area contributed by atoms with Crippen molar-refractivity contribution in [3.8, 4) is 0 Å². The summed E-state index contributed by atoms with van der Waals surface area (Å²) in [6, 6.07) is 0. The van der Waals surface area contributed by atoms with Crippen LogP contribution in [0.25, 0.3) is 0 Å². The number of methoxy groups -OCH3 is 1. The van der Waals surface area contributed by atoms with Crippen molar-refractivity contribution < 1.29 is 9.53 Å². The molecule has 1 heterocycles. The van der Waals surface area contributed by atoms with Gasteiger partial charge < -0.3 is 15.0 Å². The molecule has 94 valence electrons. The Morgan fingerprint density at radius 1 is 1.31 bits per heavy atom.